The van der Waals surface area contributed by atoms with Gasteiger partial charge >= 0.3 is 0 Å². The van der Waals surface area contributed by atoms with Gasteiger partial charge in [-0.25, -0.2) is 8.42 Å². The normalized spacial score (nSPS) is 14.4. The summed E-state index contributed by atoms with van der Waals surface area (Å²) in [5.41, 5.74) is 3.35. The van der Waals surface area contributed by atoms with Gasteiger partial charge in [0, 0.05) is 18.7 Å². The average Bonchev–Trinajstić information content (AvgIpc) is 3.23. The summed E-state index contributed by atoms with van der Waals surface area (Å²) in [4.78, 5) is 15.0. The topological polar surface area (TPSA) is 69.7 Å². The third-order valence-corrected chi connectivity index (χ3v) is 6.42. The predicted octanol–water partition coefficient (Wildman–Crippen LogP) is 3.16. The Morgan fingerprint density at radius 1 is 1.10 bits per heavy atom. The first kappa shape index (κ1) is 22.1. The van der Waals surface area contributed by atoms with Crippen molar-refractivity contribution in [3.05, 3.63) is 77.9 Å². The van der Waals surface area contributed by atoms with Crippen LogP contribution in [0.3, 0.4) is 0 Å². The molecule has 2 aromatic carbocycles. The van der Waals surface area contributed by atoms with Crippen molar-refractivity contribution in [1.82, 2.24) is 10.2 Å². The molecular formula is C23H29N3O3S. The molecule has 0 aromatic heterocycles. The van der Waals surface area contributed by atoms with Crippen molar-refractivity contribution in [2.75, 3.05) is 30.2 Å². The van der Waals surface area contributed by atoms with Crippen LogP contribution in [0, 0.1) is 0 Å². The van der Waals surface area contributed by atoms with E-state index in [1.54, 1.807) is 24.3 Å². The van der Waals surface area contributed by atoms with Gasteiger partial charge in [0.25, 0.3) is 5.91 Å². The molecule has 1 heterocycles. The molecule has 160 valence electrons. The Balaban J connectivity index is 1.65. The second-order valence-corrected chi connectivity index (χ2v) is 9.47. The Labute approximate surface area is 179 Å². The number of likely N-dealkylation sites (tertiary alicyclic amines) is 1. The first-order valence-electron chi connectivity index (χ1n) is 10.1. The lowest BCUT2D eigenvalue weighted by atomic mass is 10.1. The van der Waals surface area contributed by atoms with Gasteiger partial charge in [-0.3, -0.25) is 14.0 Å². The molecule has 1 saturated heterocycles. The largest absolute Gasteiger partial charge is 0.348 e. The molecule has 30 heavy (non-hydrogen) atoms. The van der Waals surface area contributed by atoms with Crippen LogP contribution in [0.1, 0.15) is 34.3 Å². The Morgan fingerprint density at radius 3 is 2.33 bits per heavy atom. The third-order valence-electron chi connectivity index (χ3n) is 5.26. The first-order chi connectivity index (χ1) is 14.4. The van der Waals surface area contributed by atoms with Crippen molar-refractivity contribution in [2.45, 2.75) is 25.9 Å². The van der Waals surface area contributed by atoms with Gasteiger partial charge in [-0.2, -0.15) is 0 Å². The summed E-state index contributed by atoms with van der Waals surface area (Å²) < 4.78 is 25.1. The summed E-state index contributed by atoms with van der Waals surface area (Å²) in [6, 6.07) is 14.8. The maximum Gasteiger partial charge on any atom is 0.251 e. The number of sulfonamides is 1. The molecule has 0 atom stereocenters. The number of anilines is 1. The van der Waals surface area contributed by atoms with E-state index in [9.17, 15) is 13.2 Å². The fourth-order valence-corrected chi connectivity index (χ4v) is 4.55. The molecule has 0 spiro atoms. The van der Waals surface area contributed by atoms with Crippen molar-refractivity contribution < 1.29 is 13.2 Å². The average molecular weight is 428 g/mol. The van der Waals surface area contributed by atoms with Gasteiger partial charge in [-0.1, -0.05) is 30.3 Å². The zero-order chi connectivity index (χ0) is 21.6. The van der Waals surface area contributed by atoms with Gasteiger partial charge in [-0.05, 0) is 61.3 Å². The highest BCUT2D eigenvalue weighted by Gasteiger charge is 2.17. The lowest BCUT2D eigenvalue weighted by molar-refractivity contribution is 0.0951. The standard InChI is InChI=1S/C23H29N3O3S/c1-3-14-26(30(2,28)29)22-12-10-19(11-13-22)23(27)24-17-20-8-4-5-9-21(20)18-25-15-6-7-16-25/h3-5,8-13H,1,6-7,14-18H2,2H3,(H,24,27). The first-order valence-corrected chi connectivity index (χ1v) is 12.0. The predicted molar refractivity (Wildman–Crippen MR) is 121 cm³/mol. The van der Waals surface area contributed by atoms with Crippen molar-refractivity contribution in [3.8, 4) is 0 Å². The summed E-state index contributed by atoms with van der Waals surface area (Å²) >= 11 is 0. The minimum atomic E-state index is -3.42. The monoisotopic (exact) mass is 427 g/mol. The zero-order valence-corrected chi connectivity index (χ0v) is 18.2. The minimum absolute atomic E-state index is 0.179. The Kier molecular flexibility index (Phi) is 7.29. The summed E-state index contributed by atoms with van der Waals surface area (Å²) in [6.45, 7) is 7.40. The summed E-state index contributed by atoms with van der Waals surface area (Å²) in [7, 11) is -3.42. The Hall–Kier alpha value is -2.64. The zero-order valence-electron chi connectivity index (χ0n) is 17.4. The molecule has 3 rings (SSSR count). The van der Waals surface area contributed by atoms with Gasteiger partial charge in [0.2, 0.25) is 10.0 Å². The lowest BCUT2D eigenvalue weighted by Crippen LogP contribution is -2.30. The molecule has 1 N–H and O–H groups in total. The number of hydrogen-bond acceptors (Lipinski definition) is 4. The molecule has 0 saturated carbocycles. The van der Waals surface area contributed by atoms with Crippen LogP contribution in [0.15, 0.2) is 61.2 Å². The second-order valence-electron chi connectivity index (χ2n) is 7.56. The van der Waals surface area contributed by atoms with Gasteiger partial charge in [0.15, 0.2) is 0 Å². The number of carbonyl (C=O) groups is 1. The maximum atomic E-state index is 12.6. The third kappa shape index (κ3) is 5.70. The van der Waals surface area contributed by atoms with E-state index in [2.05, 4.69) is 22.9 Å². The highest BCUT2D eigenvalue weighted by atomic mass is 32.2. The number of rotatable bonds is 9. The summed E-state index contributed by atoms with van der Waals surface area (Å²) in [6.07, 6.45) is 5.18. The van der Waals surface area contributed by atoms with Gasteiger partial charge in [0.05, 0.1) is 18.5 Å². The Bertz CT molecular complexity index is 981. The minimum Gasteiger partial charge on any atom is -0.348 e. The molecule has 0 unspecified atom stereocenters. The molecule has 7 heteroatoms. The Morgan fingerprint density at radius 2 is 1.73 bits per heavy atom. The number of nitrogens with one attached hydrogen (secondary N) is 1. The molecule has 0 radical (unpaired) electrons. The van der Waals surface area contributed by atoms with E-state index in [0.717, 1.165) is 31.5 Å². The van der Waals surface area contributed by atoms with Crippen molar-refractivity contribution in [2.24, 2.45) is 0 Å². The van der Waals surface area contributed by atoms with Gasteiger partial charge in [-0.15, -0.1) is 6.58 Å². The summed E-state index contributed by atoms with van der Waals surface area (Å²) in [5, 5.41) is 2.98. The van der Waals surface area contributed by atoms with Gasteiger partial charge < -0.3 is 5.32 Å². The van der Waals surface area contributed by atoms with Gasteiger partial charge in [0.1, 0.15) is 0 Å². The number of nitrogens with zero attached hydrogens (tertiary/aromatic N) is 2. The van der Waals surface area contributed by atoms with Crippen LogP contribution < -0.4 is 9.62 Å². The molecule has 2 aromatic rings. The molecule has 1 amide bonds. The second kappa shape index (κ2) is 9.91. The number of carbonyl (C=O) groups excluding carboxylic acids is 1. The molecule has 1 aliphatic rings. The lowest BCUT2D eigenvalue weighted by Gasteiger charge is -2.21. The highest BCUT2D eigenvalue weighted by molar-refractivity contribution is 7.92. The molecule has 6 nitrogen and oxygen atoms in total. The summed E-state index contributed by atoms with van der Waals surface area (Å²) in [5.74, 6) is -0.188. The van der Waals surface area contributed by atoms with E-state index in [1.165, 1.54) is 28.8 Å². The van der Waals surface area contributed by atoms with Crippen LogP contribution in [-0.4, -0.2) is 45.1 Å². The molecule has 0 bridgehead atoms. The molecular weight excluding hydrogens is 398 g/mol. The van der Waals surface area contributed by atoms with E-state index in [4.69, 9.17) is 0 Å². The maximum absolute atomic E-state index is 12.6. The van der Waals surface area contributed by atoms with Crippen LogP contribution in [-0.2, 0) is 23.1 Å². The fourth-order valence-electron chi connectivity index (χ4n) is 3.67. The fraction of sp³-hybridized carbons (Fsp3) is 0.348. The van der Waals surface area contributed by atoms with E-state index < -0.39 is 10.0 Å². The van der Waals surface area contributed by atoms with Crippen LogP contribution in [0.4, 0.5) is 5.69 Å². The van der Waals surface area contributed by atoms with E-state index in [1.807, 2.05) is 18.2 Å². The van der Waals surface area contributed by atoms with Crippen molar-refractivity contribution in [3.63, 3.8) is 0 Å². The van der Waals surface area contributed by atoms with E-state index in [-0.39, 0.29) is 12.5 Å². The van der Waals surface area contributed by atoms with Crippen LogP contribution in [0.2, 0.25) is 0 Å². The van der Waals surface area contributed by atoms with Crippen LogP contribution in [0.5, 0.6) is 0 Å². The van der Waals surface area contributed by atoms with E-state index >= 15 is 0 Å². The molecule has 1 fully saturated rings. The molecule has 0 aliphatic carbocycles. The quantitative estimate of drug-likeness (QED) is 0.624. The number of amides is 1. The molecule has 1 aliphatic heterocycles. The van der Waals surface area contributed by atoms with Crippen LogP contribution in [0.25, 0.3) is 0 Å². The van der Waals surface area contributed by atoms with E-state index in [0.29, 0.717) is 17.8 Å². The van der Waals surface area contributed by atoms with Crippen molar-refractivity contribution in [1.29, 1.82) is 0 Å². The van der Waals surface area contributed by atoms with Crippen LogP contribution >= 0.6 is 0 Å². The SMILES string of the molecule is C=CCN(c1ccc(C(=O)NCc2ccccc2CN2CCCC2)cc1)S(C)(=O)=O. The van der Waals surface area contributed by atoms with Crippen molar-refractivity contribution >= 4 is 21.6 Å². The number of benzene rings is 2. The number of hydrogen-bond donors (Lipinski definition) is 1. The highest BCUT2D eigenvalue weighted by Crippen LogP contribution is 2.19. The smallest absolute Gasteiger partial charge is 0.251 e.